The van der Waals surface area contributed by atoms with E-state index < -0.39 is 6.10 Å². The van der Waals surface area contributed by atoms with Gasteiger partial charge in [0.2, 0.25) is 0 Å². The Hall–Kier alpha value is -3.41. The Morgan fingerprint density at radius 1 is 0.263 bits per heavy atom. The van der Waals surface area contributed by atoms with Gasteiger partial charge in [-0.1, -0.05) is 337 Å². The summed E-state index contributed by atoms with van der Waals surface area (Å²) in [6.45, 7) is 6.57. The molecule has 0 aliphatic carbocycles. The molecule has 0 fully saturated rings. The van der Waals surface area contributed by atoms with Crippen molar-refractivity contribution in [2.45, 2.75) is 354 Å². The molecule has 0 aromatic heterocycles. The molecule has 0 bridgehead atoms. The highest BCUT2D eigenvalue weighted by molar-refractivity contribution is 5.71. The second kappa shape index (κ2) is 68.1. The molecule has 0 saturated carbocycles. The summed E-state index contributed by atoms with van der Waals surface area (Å²) in [5.74, 6) is -0.864. The first-order chi connectivity index (χ1) is 39.5. The van der Waals surface area contributed by atoms with E-state index in [9.17, 15) is 14.4 Å². The lowest BCUT2D eigenvalue weighted by Gasteiger charge is -2.18. The van der Waals surface area contributed by atoms with Gasteiger partial charge < -0.3 is 14.2 Å². The molecule has 6 nitrogen and oxygen atoms in total. The van der Waals surface area contributed by atoms with E-state index in [0.717, 1.165) is 109 Å². The molecule has 0 radical (unpaired) electrons. The Bertz CT molecular complexity index is 1520. The van der Waals surface area contributed by atoms with E-state index in [1.807, 2.05) is 0 Å². The van der Waals surface area contributed by atoms with Crippen LogP contribution in [0.15, 0.2) is 85.1 Å². The summed E-state index contributed by atoms with van der Waals surface area (Å²) in [5.41, 5.74) is 0. The molecule has 0 aromatic carbocycles. The monoisotopic (exact) mass is 1110 g/mol. The molecular formula is C74H130O6. The van der Waals surface area contributed by atoms with Crippen LogP contribution in [0.4, 0.5) is 0 Å². The lowest BCUT2D eigenvalue weighted by atomic mass is 10.0. The number of rotatable bonds is 63. The van der Waals surface area contributed by atoms with Gasteiger partial charge in [0.15, 0.2) is 6.10 Å². The summed E-state index contributed by atoms with van der Waals surface area (Å²) < 4.78 is 17.0. The van der Waals surface area contributed by atoms with Crippen molar-refractivity contribution in [3.05, 3.63) is 85.1 Å². The van der Waals surface area contributed by atoms with E-state index in [0.29, 0.717) is 19.3 Å². The highest BCUT2D eigenvalue weighted by atomic mass is 16.6. The Labute approximate surface area is 496 Å². The zero-order valence-corrected chi connectivity index (χ0v) is 53.1. The lowest BCUT2D eigenvalue weighted by molar-refractivity contribution is -0.167. The Kier molecular flexibility index (Phi) is 65.2. The number of carbonyl (C=O) groups is 3. The molecule has 0 amide bonds. The molecule has 6 heteroatoms. The van der Waals surface area contributed by atoms with Crippen molar-refractivity contribution < 1.29 is 28.6 Å². The van der Waals surface area contributed by atoms with Gasteiger partial charge in [0.25, 0.3) is 0 Å². The topological polar surface area (TPSA) is 78.9 Å². The fraction of sp³-hybridized carbons (Fsp3) is 0.770. The molecule has 0 saturated heterocycles. The maximum absolute atomic E-state index is 12.9. The largest absolute Gasteiger partial charge is 0.462 e. The van der Waals surface area contributed by atoms with Crippen LogP contribution in [0.3, 0.4) is 0 Å². The van der Waals surface area contributed by atoms with Crippen LogP contribution in [-0.2, 0) is 28.6 Å². The predicted octanol–water partition coefficient (Wildman–Crippen LogP) is 23.8. The minimum Gasteiger partial charge on any atom is -0.462 e. The Morgan fingerprint density at radius 2 is 0.487 bits per heavy atom. The first-order valence-corrected chi connectivity index (χ1v) is 34.6. The van der Waals surface area contributed by atoms with Gasteiger partial charge in [-0.05, 0) is 77.0 Å². The molecule has 0 aliphatic rings. The van der Waals surface area contributed by atoms with Crippen molar-refractivity contribution in [3.8, 4) is 0 Å². The first-order valence-electron chi connectivity index (χ1n) is 34.6. The van der Waals surface area contributed by atoms with Crippen molar-refractivity contribution >= 4 is 17.9 Å². The average Bonchev–Trinajstić information content (AvgIpc) is 3.46. The third-order valence-electron chi connectivity index (χ3n) is 15.2. The average molecular weight is 1120 g/mol. The molecule has 1 unspecified atom stereocenters. The number of esters is 3. The van der Waals surface area contributed by atoms with Gasteiger partial charge >= 0.3 is 17.9 Å². The summed E-state index contributed by atoms with van der Waals surface area (Å²) in [4.78, 5) is 38.4. The minimum absolute atomic E-state index is 0.0744. The summed E-state index contributed by atoms with van der Waals surface area (Å²) in [5, 5.41) is 0. The van der Waals surface area contributed by atoms with Crippen LogP contribution in [0.5, 0.6) is 0 Å². The fourth-order valence-corrected chi connectivity index (χ4v) is 10.0. The number of unbranched alkanes of at least 4 members (excludes halogenated alkanes) is 38. The van der Waals surface area contributed by atoms with Gasteiger partial charge in [0.1, 0.15) is 13.2 Å². The summed E-state index contributed by atoms with van der Waals surface area (Å²) >= 11 is 0. The molecule has 0 rings (SSSR count). The van der Waals surface area contributed by atoms with E-state index in [1.54, 1.807) is 0 Å². The van der Waals surface area contributed by atoms with Gasteiger partial charge in [0, 0.05) is 19.3 Å². The van der Waals surface area contributed by atoms with E-state index in [-0.39, 0.29) is 31.1 Å². The van der Waals surface area contributed by atoms with Gasteiger partial charge in [-0.2, -0.15) is 0 Å². The zero-order valence-electron chi connectivity index (χ0n) is 53.1. The van der Waals surface area contributed by atoms with Gasteiger partial charge in [-0.15, -0.1) is 0 Å². The van der Waals surface area contributed by atoms with Crippen molar-refractivity contribution in [1.82, 2.24) is 0 Å². The summed E-state index contributed by atoms with van der Waals surface area (Å²) in [6.07, 6.45) is 90.2. The SMILES string of the molecule is CC/C=C\C/C=C\C/C=C\C/C=C\C/C=C\C/C=C\C/C=C\CCCCCCCCCC(=O)OCC(COC(=O)CCCCCCCCCCCCCCCCCC)OC(=O)CCCCCCCCCCCCCCCCCCC. The molecular weight excluding hydrogens is 985 g/mol. The Balaban J connectivity index is 4.32. The van der Waals surface area contributed by atoms with Gasteiger partial charge in [0.05, 0.1) is 0 Å². The number of carbonyl (C=O) groups excluding carboxylic acids is 3. The molecule has 0 heterocycles. The standard InChI is InChI=1S/C74H130O6/c1-4-7-10-13-16-19-22-25-28-31-32-33-34-35-36-37-38-39-40-41-42-44-46-49-52-55-58-61-64-67-73(76)79-70-71(69-78-72(75)66-63-60-57-54-51-48-45-30-27-24-21-18-15-12-9-6-3)80-74(77)68-65-62-59-56-53-50-47-43-29-26-23-20-17-14-11-8-5-2/h7,10,16,19,25,28,32-33,35-36,38-39,41-42,71H,4-6,8-9,11-15,17-18,20-24,26-27,29-31,34,37,40,43-70H2,1-3H3/b10-7-,19-16-,28-25-,33-32-,36-35-,39-38-,42-41-. The highest BCUT2D eigenvalue weighted by Crippen LogP contribution is 2.18. The molecule has 1 atom stereocenters. The second-order valence-electron chi connectivity index (χ2n) is 23.1. The first kappa shape index (κ1) is 76.6. The van der Waals surface area contributed by atoms with E-state index >= 15 is 0 Å². The molecule has 0 aliphatic heterocycles. The van der Waals surface area contributed by atoms with E-state index in [1.165, 1.54) is 199 Å². The van der Waals surface area contributed by atoms with Gasteiger partial charge in [-0.3, -0.25) is 14.4 Å². The van der Waals surface area contributed by atoms with Crippen molar-refractivity contribution in [2.24, 2.45) is 0 Å². The molecule has 0 aromatic rings. The Morgan fingerprint density at radius 3 is 0.762 bits per heavy atom. The summed E-state index contributed by atoms with van der Waals surface area (Å²) in [7, 11) is 0. The van der Waals surface area contributed by atoms with Crippen LogP contribution >= 0.6 is 0 Å². The van der Waals surface area contributed by atoms with Crippen LogP contribution in [0, 0.1) is 0 Å². The van der Waals surface area contributed by atoms with E-state index in [2.05, 4.69) is 106 Å². The number of allylic oxidation sites excluding steroid dienone is 14. The van der Waals surface area contributed by atoms with Crippen molar-refractivity contribution in [3.63, 3.8) is 0 Å². The number of ether oxygens (including phenoxy) is 3. The normalized spacial score (nSPS) is 12.6. The fourth-order valence-electron chi connectivity index (χ4n) is 10.0. The third kappa shape index (κ3) is 65.4. The van der Waals surface area contributed by atoms with Crippen LogP contribution < -0.4 is 0 Å². The molecule has 80 heavy (non-hydrogen) atoms. The van der Waals surface area contributed by atoms with Crippen LogP contribution in [-0.4, -0.2) is 37.2 Å². The maximum Gasteiger partial charge on any atom is 0.306 e. The van der Waals surface area contributed by atoms with Crippen molar-refractivity contribution in [2.75, 3.05) is 13.2 Å². The quantitative estimate of drug-likeness (QED) is 0.0261. The molecule has 0 spiro atoms. The second-order valence-corrected chi connectivity index (χ2v) is 23.1. The maximum atomic E-state index is 12.9. The number of hydrogen-bond acceptors (Lipinski definition) is 6. The predicted molar refractivity (Wildman–Crippen MR) is 348 cm³/mol. The zero-order chi connectivity index (χ0) is 57.8. The smallest absolute Gasteiger partial charge is 0.306 e. The highest BCUT2D eigenvalue weighted by Gasteiger charge is 2.19. The molecule has 462 valence electrons. The molecule has 0 N–H and O–H groups in total. The van der Waals surface area contributed by atoms with Crippen LogP contribution in [0.1, 0.15) is 348 Å². The summed E-state index contributed by atoms with van der Waals surface area (Å²) in [6, 6.07) is 0. The van der Waals surface area contributed by atoms with Crippen LogP contribution in [0.25, 0.3) is 0 Å². The van der Waals surface area contributed by atoms with Gasteiger partial charge in [-0.25, -0.2) is 0 Å². The third-order valence-corrected chi connectivity index (χ3v) is 15.2. The van der Waals surface area contributed by atoms with E-state index in [4.69, 9.17) is 14.2 Å². The minimum atomic E-state index is -0.779. The number of hydrogen-bond donors (Lipinski definition) is 0. The van der Waals surface area contributed by atoms with Crippen LogP contribution in [0.2, 0.25) is 0 Å². The van der Waals surface area contributed by atoms with Crippen molar-refractivity contribution in [1.29, 1.82) is 0 Å². The lowest BCUT2D eigenvalue weighted by Crippen LogP contribution is -2.30.